The maximum absolute atomic E-state index is 13.8. The Kier molecular flexibility index (Phi) is 2.61. The Morgan fingerprint density at radius 3 is 2.94 bits per heavy atom. The Balaban J connectivity index is 2.30. The number of benzene rings is 1. The molecule has 0 aliphatic carbocycles. The first-order valence-corrected chi connectivity index (χ1v) is 6.18. The van der Waals surface area contributed by atoms with Crippen LogP contribution in [0.15, 0.2) is 29.8 Å². The lowest BCUT2D eigenvalue weighted by atomic mass is 10.1. The molecule has 0 spiro atoms. The van der Waals surface area contributed by atoms with Gasteiger partial charge in [0, 0.05) is 10.9 Å². The summed E-state index contributed by atoms with van der Waals surface area (Å²) < 4.78 is 28.8. The van der Waals surface area contributed by atoms with Crippen molar-refractivity contribution >= 4 is 16.2 Å². The van der Waals surface area contributed by atoms with Crippen LogP contribution in [0.5, 0.6) is 0 Å². The van der Waals surface area contributed by atoms with Gasteiger partial charge in [-0.15, -0.1) is 11.3 Å². The van der Waals surface area contributed by atoms with E-state index in [0.717, 1.165) is 17.0 Å². The topological polar surface area (TPSA) is 43.3 Å². The van der Waals surface area contributed by atoms with Crippen LogP contribution < -0.4 is 5.73 Å². The maximum atomic E-state index is 13.8. The van der Waals surface area contributed by atoms with E-state index in [1.54, 1.807) is 16.0 Å². The van der Waals surface area contributed by atoms with E-state index in [-0.39, 0.29) is 12.1 Å². The number of halogens is 2. The quantitative estimate of drug-likeness (QED) is 0.774. The molecule has 0 saturated heterocycles. The Bertz CT molecular complexity index is 717. The molecule has 0 radical (unpaired) electrons. The number of fused-ring (bicyclic) bond motifs is 1. The first kappa shape index (κ1) is 11.3. The van der Waals surface area contributed by atoms with Crippen LogP contribution in [0, 0.1) is 11.6 Å². The standard InChI is InChI=1S/C12H9F2N3S/c13-7-1-2-9(14)8(3-7)10-6-18-12-5-16-11(4-15)17(10)12/h1-3,5-6H,4,15H2. The number of thiazole rings is 1. The van der Waals surface area contributed by atoms with Crippen molar-refractivity contribution in [1.82, 2.24) is 9.38 Å². The van der Waals surface area contributed by atoms with Crippen molar-refractivity contribution in [2.75, 3.05) is 0 Å². The predicted molar refractivity (Wildman–Crippen MR) is 66.3 cm³/mol. The van der Waals surface area contributed by atoms with E-state index in [9.17, 15) is 8.78 Å². The van der Waals surface area contributed by atoms with E-state index in [0.29, 0.717) is 11.5 Å². The molecule has 2 heterocycles. The molecule has 2 aromatic heterocycles. The Morgan fingerprint density at radius 1 is 1.33 bits per heavy atom. The average molecular weight is 265 g/mol. The van der Waals surface area contributed by atoms with Crippen LogP contribution in [0.1, 0.15) is 5.82 Å². The molecule has 0 fully saturated rings. The first-order chi connectivity index (χ1) is 8.70. The summed E-state index contributed by atoms with van der Waals surface area (Å²) in [6, 6.07) is 3.39. The predicted octanol–water partition coefficient (Wildman–Crippen LogP) is 2.80. The third-order valence-corrected chi connectivity index (χ3v) is 3.59. The lowest BCUT2D eigenvalue weighted by molar-refractivity contribution is 0.602. The van der Waals surface area contributed by atoms with Gasteiger partial charge in [0.2, 0.25) is 0 Å². The molecule has 92 valence electrons. The van der Waals surface area contributed by atoms with Gasteiger partial charge in [-0.25, -0.2) is 13.8 Å². The minimum atomic E-state index is -0.472. The highest BCUT2D eigenvalue weighted by Gasteiger charge is 2.14. The highest BCUT2D eigenvalue weighted by atomic mass is 32.1. The van der Waals surface area contributed by atoms with Crippen molar-refractivity contribution in [3.63, 3.8) is 0 Å². The molecular weight excluding hydrogens is 256 g/mol. The summed E-state index contributed by atoms with van der Waals surface area (Å²) in [6.45, 7) is 0.245. The van der Waals surface area contributed by atoms with Gasteiger partial charge in [-0.3, -0.25) is 4.40 Å². The number of nitrogens with two attached hydrogens (primary N) is 1. The minimum absolute atomic E-state index is 0.217. The SMILES string of the molecule is NCc1ncc2scc(-c3cc(F)ccc3F)n12. The molecule has 0 amide bonds. The minimum Gasteiger partial charge on any atom is -0.324 e. The molecular formula is C12H9F2N3S. The zero-order valence-electron chi connectivity index (χ0n) is 9.23. The lowest BCUT2D eigenvalue weighted by Gasteiger charge is -2.04. The normalized spacial score (nSPS) is 11.3. The zero-order chi connectivity index (χ0) is 12.7. The molecule has 2 N–H and O–H groups in total. The van der Waals surface area contributed by atoms with Gasteiger partial charge in [0.15, 0.2) is 0 Å². The lowest BCUT2D eigenvalue weighted by Crippen LogP contribution is -2.03. The molecule has 0 unspecified atom stereocenters. The van der Waals surface area contributed by atoms with Crippen molar-refractivity contribution in [3.05, 3.63) is 47.2 Å². The summed E-state index contributed by atoms with van der Waals surface area (Å²) >= 11 is 1.42. The average Bonchev–Trinajstić information content (AvgIpc) is 2.93. The summed E-state index contributed by atoms with van der Waals surface area (Å²) in [5.74, 6) is -0.308. The smallest absolute Gasteiger partial charge is 0.132 e. The largest absolute Gasteiger partial charge is 0.324 e. The molecule has 6 heteroatoms. The van der Waals surface area contributed by atoms with Gasteiger partial charge in [0.05, 0.1) is 18.4 Å². The van der Waals surface area contributed by atoms with Gasteiger partial charge >= 0.3 is 0 Å². The molecule has 0 saturated carbocycles. The summed E-state index contributed by atoms with van der Waals surface area (Å²) in [7, 11) is 0. The van der Waals surface area contributed by atoms with Crippen molar-refractivity contribution < 1.29 is 8.78 Å². The van der Waals surface area contributed by atoms with Crippen LogP contribution in [0.4, 0.5) is 8.78 Å². The van der Waals surface area contributed by atoms with Crippen LogP contribution in [-0.2, 0) is 6.54 Å². The fourth-order valence-electron chi connectivity index (χ4n) is 1.90. The zero-order valence-corrected chi connectivity index (χ0v) is 10.0. The molecule has 3 rings (SSSR count). The van der Waals surface area contributed by atoms with Crippen molar-refractivity contribution in [2.45, 2.75) is 6.54 Å². The first-order valence-electron chi connectivity index (χ1n) is 5.30. The molecule has 0 atom stereocenters. The van der Waals surface area contributed by atoms with Gasteiger partial charge in [-0.05, 0) is 18.2 Å². The van der Waals surface area contributed by atoms with Crippen molar-refractivity contribution in [1.29, 1.82) is 0 Å². The Labute approximate surface area is 106 Å². The maximum Gasteiger partial charge on any atom is 0.132 e. The second-order valence-corrected chi connectivity index (χ2v) is 4.69. The highest BCUT2D eigenvalue weighted by molar-refractivity contribution is 7.15. The monoisotopic (exact) mass is 265 g/mol. The number of hydrogen-bond donors (Lipinski definition) is 1. The fourth-order valence-corrected chi connectivity index (χ4v) is 2.79. The van der Waals surface area contributed by atoms with E-state index in [2.05, 4.69) is 4.98 Å². The molecule has 0 bridgehead atoms. The third-order valence-electron chi connectivity index (χ3n) is 2.72. The number of hydrogen-bond acceptors (Lipinski definition) is 3. The summed E-state index contributed by atoms with van der Waals surface area (Å²) in [6.07, 6.45) is 1.67. The number of rotatable bonds is 2. The van der Waals surface area contributed by atoms with Gasteiger partial charge in [-0.1, -0.05) is 0 Å². The summed E-state index contributed by atoms with van der Waals surface area (Å²) in [5, 5.41) is 1.77. The molecule has 0 aliphatic heterocycles. The van der Waals surface area contributed by atoms with Crippen LogP contribution in [-0.4, -0.2) is 9.38 Å². The van der Waals surface area contributed by atoms with Crippen LogP contribution in [0.25, 0.3) is 16.1 Å². The van der Waals surface area contributed by atoms with Crippen molar-refractivity contribution in [2.24, 2.45) is 5.73 Å². The van der Waals surface area contributed by atoms with Crippen LogP contribution in [0.3, 0.4) is 0 Å². The number of nitrogens with zero attached hydrogens (tertiary/aromatic N) is 2. The molecule has 3 nitrogen and oxygen atoms in total. The van der Waals surface area contributed by atoms with Gasteiger partial charge < -0.3 is 5.73 Å². The summed E-state index contributed by atoms with van der Waals surface area (Å²) in [4.78, 5) is 5.00. The Hall–Kier alpha value is -1.79. The van der Waals surface area contributed by atoms with Gasteiger partial charge in [-0.2, -0.15) is 0 Å². The summed E-state index contributed by atoms with van der Waals surface area (Å²) in [5.41, 5.74) is 6.38. The molecule has 3 aromatic rings. The molecule has 0 aliphatic rings. The van der Waals surface area contributed by atoms with E-state index in [1.807, 2.05) is 0 Å². The van der Waals surface area contributed by atoms with Gasteiger partial charge in [0.25, 0.3) is 0 Å². The molecule has 18 heavy (non-hydrogen) atoms. The second kappa shape index (κ2) is 4.15. The van der Waals surface area contributed by atoms with Crippen molar-refractivity contribution in [3.8, 4) is 11.3 Å². The van der Waals surface area contributed by atoms with Crippen LogP contribution >= 0.6 is 11.3 Å². The third kappa shape index (κ3) is 1.61. The number of imidazole rings is 1. The highest BCUT2D eigenvalue weighted by Crippen LogP contribution is 2.29. The second-order valence-electron chi connectivity index (χ2n) is 3.80. The molecule has 1 aromatic carbocycles. The van der Waals surface area contributed by atoms with E-state index >= 15 is 0 Å². The Morgan fingerprint density at radius 2 is 2.17 bits per heavy atom. The van der Waals surface area contributed by atoms with Gasteiger partial charge in [0.1, 0.15) is 22.3 Å². The van der Waals surface area contributed by atoms with E-state index in [4.69, 9.17) is 5.73 Å². The fraction of sp³-hybridized carbons (Fsp3) is 0.0833. The van der Waals surface area contributed by atoms with Crippen LogP contribution in [0.2, 0.25) is 0 Å². The number of aromatic nitrogens is 2. The van der Waals surface area contributed by atoms with E-state index < -0.39 is 11.6 Å². The van der Waals surface area contributed by atoms with E-state index in [1.165, 1.54) is 17.4 Å².